The Morgan fingerprint density at radius 3 is 2.58 bits per heavy atom. The predicted molar refractivity (Wildman–Crippen MR) is 80.7 cm³/mol. The van der Waals surface area contributed by atoms with Crippen LogP contribution in [0.2, 0.25) is 0 Å². The van der Waals surface area contributed by atoms with E-state index in [-0.39, 0.29) is 0 Å². The molecule has 1 aromatic rings. The highest BCUT2D eigenvalue weighted by molar-refractivity contribution is 5.41. The number of benzene rings is 1. The Kier molecular flexibility index (Phi) is 4.63. The van der Waals surface area contributed by atoms with E-state index in [4.69, 9.17) is 5.73 Å². The first-order valence-electron chi connectivity index (χ1n) is 7.10. The third-order valence-electron chi connectivity index (χ3n) is 3.95. The number of hydrogen-bond donors (Lipinski definition) is 1. The highest BCUT2D eigenvalue weighted by atomic mass is 15.1. The molecular formula is C17H24N2. The van der Waals surface area contributed by atoms with Crippen molar-refractivity contribution in [2.45, 2.75) is 33.2 Å². The number of nitrogens with two attached hydrogens (primary N) is 1. The molecule has 0 saturated carbocycles. The van der Waals surface area contributed by atoms with Gasteiger partial charge in [0.1, 0.15) is 0 Å². The fraction of sp³-hybridized carbons (Fsp3) is 0.529. The number of hydrogen-bond acceptors (Lipinski definition) is 2. The predicted octanol–water partition coefficient (Wildman–Crippen LogP) is 2.62. The molecule has 102 valence electrons. The monoisotopic (exact) mass is 256 g/mol. The maximum Gasteiger partial charge on any atom is 0.0555 e. The number of rotatable bonds is 2. The van der Waals surface area contributed by atoms with Crippen LogP contribution in [0.1, 0.15) is 37.8 Å². The fourth-order valence-corrected chi connectivity index (χ4v) is 2.48. The van der Waals surface area contributed by atoms with Crippen molar-refractivity contribution >= 4 is 0 Å². The summed E-state index contributed by atoms with van der Waals surface area (Å²) in [5.41, 5.74) is 8.41. The van der Waals surface area contributed by atoms with Gasteiger partial charge < -0.3 is 5.73 Å². The quantitative estimate of drug-likeness (QED) is 0.824. The van der Waals surface area contributed by atoms with E-state index < -0.39 is 0 Å². The summed E-state index contributed by atoms with van der Waals surface area (Å²) in [4.78, 5) is 2.54. The first-order valence-corrected chi connectivity index (χ1v) is 7.10. The average Bonchev–Trinajstić information content (AvgIpc) is 2.40. The normalized spacial score (nSPS) is 18.7. The molecule has 1 aliphatic heterocycles. The van der Waals surface area contributed by atoms with Crippen molar-refractivity contribution in [3.63, 3.8) is 0 Å². The van der Waals surface area contributed by atoms with Gasteiger partial charge >= 0.3 is 0 Å². The maximum atomic E-state index is 5.46. The molecule has 0 unspecified atom stereocenters. The van der Waals surface area contributed by atoms with Crippen LogP contribution in [0.5, 0.6) is 0 Å². The Labute approximate surface area is 117 Å². The Hall–Kier alpha value is -1.30. The summed E-state index contributed by atoms with van der Waals surface area (Å²) in [5, 5.41) is 0. The van der Waals surface area contributed by atoms with Gasteiger partial charge in [-0.3, -0.25) is 4.90 Å². The SMILES string of the molecule is CC1(C)CCN(Cc2ccccc2C#CCN)CC1. The molecule has 1 heterocycles. The van der Waals surface area contributed by atoms with Crippen LogP contribution in [0.25, 0.3) is 0 Å². The van der Waals surface area contributed by atoms with Gasteiger partial charge in [-0.05, 0) is 43.0 Å². The molecule has 0 bridgehead atoms. The van der Waals surface area contributed by atoms with Crippen LogP contribution in [0.15, 0.2) is 24.3 Å². The number of likely N-dealkylation sites (tertiary alicyclic amines) is 1. The van der Waals surface area contributed by atoms with Crippen LogP contribution in [0.3, 0.4) is 0 Å². The summed E-state index contributed by atoms with van der Waals surface area (Å²) in [6.07, 6.45) is 2.56. The van der Waals surface area contributed by atoms with E-state index in [1.165, 1.54) is 31.5 Å². The first kappa shape index (κ1) is 14.1. The highest BCUT2D eigenvalue weighted by Gasteiger charge is 2.25. The van der Waals surface area contributed by atoms with Crippen molar-refractivity contribution in [3.05, 3.63) is 35.4 Å². The van der Waals surface area contributed by atoms with E-state index in [1.807, 2.05) is 6.07 Å². The maximum absolute atomic E-state index is 5.46. The van der Waals surface area contributed by atoms with Gasteiger partial charge in [-0.15, -0.1) is 0 Å². The molecule has 1 aromatic carbocycles. The molecule has 0 aliphatic carbocycles. The van der Waals surface area contributed by atoms with Crippen LogP contribution in [-0.2, 0) is 6.54 Å². The molecule has 1 saturated heterocycles. The van der Waals surface area contributed by atoms with Crippen LogP contribution < -0.4 is 5.73 Å². The molecule has 2 nitrogen and oxygen atoms in total. The summed E-state index contributed by atoms with van der Waals surface area (Å²) in [7, 11) is 0. The standard InChI is InChI=1S/C17H24N2/c1-17(2)9-12-19(13-10-17)14-16-7-4-3-6-15(16)8-5-11-18/h3-4,6-7H,9-14,18H2,1-2H3. The minimum atomic E-state index is 0.423. The van der Waals surface area contributed by atoms with E-state index in [9.17, 15) is 0 Å². The molecule has 2 N–H and O–H groups in total. The Balaban J connectivity index is 2.03. The lowest BCUT2D eigenvalue weighted by molar-refractivity contribution is 0.127. The largest absolute Gasteiger partial charge is 0.320 e. The van der Waals surface area contributed by atoms with Crippen molar-refractivity contribution < 1.29 is 0 Å². The van der Waals surface area contributed by atoms with Gasteiger partial charge in [0, 0.05) is 12.1 Å². The zero-order valence-corrected chi connectivity index (χ0v) is 12.1. The van der Waals surface area contributed by atoms with Crippen LogP contribution in [0, 0.1) is 17.3 Å². The third kappa shape index (κ3) is 4.09. The Morgan fingerprint density at radius 2 is 1.89 bits per heavy atom. The summed E-state index contributed by atoms with van der Waals surface area (Å²) in [6, 6.07) is 8.41. The summed E-state index contributed by atoms with van der Waals surface area (Å²) < 4.78 is 0. The highest BCUT2D eigenvalue weighted by Crippen LogP contribution is 2.30. The zero-order chi connectivity index (χ0) is 13.7. The van der Waals surface area contributed by atoms with Gasteiger partial charge in [0.15, 0.2) is 0 Å². The van der Waals surface area contributed by atoms with Crippen molar-refractivity contribution in [1.82, 2.24) is 4.90 Å². The van der Waals surface area contributed by atoms with Crippen molar-refractivity contribution in [2.24, 2.45) is 11.1 Å². The second kappa shape index (κ2) is 6.23. The summed E-state index contributed by atoms with van der Waals surface area (Å²) in [5.74, 6) is 6.13. The van der Waals surface area contributed by atoms with Gasteiger partial charge in [0.2, 0.25) is 0 Å². The molecular weight excluding hydrogens is 232 g/mol. The van der Waals surface area contributed by atoms with E-state index in [2.05, 4.69) is 48.8 Å². The molecule has 1 fully saturated rings. The van der Waals surface area contributed by atoms with Crippen molar-refractivity contribution in [2.75, 3.05) is 19.6 Å². The molecule has 0 radical (unpaired) electrons. The lowest BCUT2D eigenvalue weighted by atomic mass is 9.82. The van der Waals surface area contributed by atoms with Gasteiger partial charge in [-0.1, -0.05) is 43.9 Å². The topological polar surface area (TPSA) is 29.3 Å². The molecule has 0 aromatic heterocycles. The first-order chi connectivity index (χ1) is 9.11. The summed E-state index contributed by atoms with van der Waals surface area (Å²) in [6.45, 7) is 8.53. The fourth-order valence-electron chi connectivity index (χ4n) is 2.48. The van der Waals surface area contributed by atoms with E-state index >= 15 is 0 Å². The van der Waals surface area contributed by atoms with E-state index in [1.54, 1.807) is 0 Å². The summed E-state index contributed by atoms with van der Waals surface area (Å²) >= 11 is 0. The number of piperidine rings is 1. The van der Waals surface area contributed by atoms with Crippen LogP contribution in [0.4, 0.5) is 0 Å². The third-order valence-corrected chi connectivity index (χ3v) is 3.95. The molecule has 0 amide bonds. The molecule has 19 heavy (non-hydrogen) atoms. The molecule has 0 spiro atoms. The lowest BCUT2D eigenvalue weighted by Gasteiger charge is -2.37. The van der Waals surface area contributed by atoms with Gasteiger partial charge in [-0.2, -0.15) is 0 Å². The zero-order valence-electron chi connectivity index (χ0n) is 12.1. The van der Waals surface area contributed by atoms with E-state index in [0.717, 1.165) is 12.1 Å². The van der Waals surface area contributed by atoms with Crippen molar-refractivity contribution in [3.8, 4) is 11.8 Å². The van der Waals surface area contributed by atoms with Gasteiger partial charge in [-0.25, -0.2) is 0 Å². The smallest absolute Gasteiger partial charge is 0.0555 e. The molecule has 2 rings (SSSR count). The Morgan fingerprint density at radius 1 is 1.21 bits per heavy atom. The molecule has 0 atom stereocenters. The average molecular weight is 256 g/mol. The second-order valence-corrected chi connectivity index (χ2v) is 6.10. The van der Waals surface area contributed by atoms with Gasteiger partial charge in [0.25, 0.3) is 0 Å². The van der Waals surface area contributed by atoms with Gasteiger partial charge in [0.05, 0.1) is 6.54 Å². The molecule has 1 aliphatic rings. The second-order valence-electron chi connectivity index (χ2n) is 6.10. The Bertz CT molecular complexity index is 470. The number of nitrogens with zero attached hydrogens (tertiary/aromatic N) is 1. The van der Waals surface area contributed by atoms with E-state index in [0.29, 0.717) is 12.0 Å². The van der Waals surface area contributed by atoms with Crippen molar-refractivity contribution in [1.29, 1.82) is 0 Å². The van der Waals surface area contributed by atoms with Crippen LogP contribution >= 0.6 is 0 Å². The minimum Gasteiger partial charge on any atom is -0.320 e. The van der Waals surface area contributed by atoms with Crippen LogP contribution in [-0.4, -0.2) is 24.5 Å². The lowest BCUT2D eigenvalue weighted by Crippen LogP contribution is -2.36. The minimum absolute atomic E-state index is 0.423. The molecule has 2 heteroatoms.